The highest BCUT2D eigenvalue weighted by Gasteiger charge is 2.07. The Morgan fingerprint density at radius 1 is 1.00 bits per heavy atom. The van der Waals surface area contributed by atoms with Gasteiger partial charge in [0, 0.05) is 25.4 Å². The average molecular weight is 332 g/mol. The van der Waals surface area contributed by atoms with Crippen LogP contribution in [0, 0.1) is 0 Å². The first-order chi connectivity index (χ1) is 8.95. The second kappa shape index (κ2) is 6.19. The molecule has 0 saturated carbocycles. The van der Waals surface area contributed by atoms with Gasteiger partial charge in [0.15, 0.2) is 5.78 Å². The molecule has 0 aromatic heterocycles. The topological polar surface area (TPSA) is 17.1 Å². The molecule has 2 aromatic carbocycles. The Morgan fingerprint density at radius 3 is 2.16 bits per heavy atom. The van der Waals surface area contributed by atoms with Crippen molar-refractivity contribution < 1.29 is 4.79 Å². The van der Waals surface area contributed by atoms with Gasteiger partial charge in [-0.15, -0.1) is 0 Å². The Bertz CT molecular complexity index is 620. The van der Waals surface area contributed by atoms with Crippen LogP contribution in [0.25, 0.3) is 0 Å². The summed E-state index contributed by atoms with van der Waals surface area (Å²) < 4.78 is 0. The summed E-state index contributed by atoms with van der Waals surface area (Å²) in [4.78, 5) is 13.0. The number of hydrogen-bond donors (Lipinski definition) is 0. The van der Waals surface area contributed by atoms with Gasteiger partial charge in [-0.3, -0.25) is 4.79 Å². The fraction of sp³-hybridized carbons (Fsp3) is 0.0714. The molecule has 5 heteroatoms. The van der Waals surface area contributed by atoms with Crippen molar-refractivity contribution in [1.82, 2.24) is 0 Å². The molecule has 0 N–H and O–H groups in total. The monoisotopic (exact) mass is 330 g/mol. The molecule has 0 atom stereocenters. The SMILES string of the molecule is CC(=O)c1ccc(Sc2cc(Cl)cc(Cl)c2)c(Cl)c1. The number of carbonyl (C=O) groups is 1. The average Bonchev–Trinajstić information content (AvgIpc) is 2.30. The number of hydrogen-bond acceptors (Lipinski definition) is 2. The van der Waals surface area contributed by atoms with Gasteiger partial charge in [0.05, 0.1) is 5.02 Å². The molecule has 0 unspecified atom stereocenters. The van der Waals surface area contributed by atoms with Crippen LogP contribution in [0.3, 0.4) is 0 Å². The van der Waals surface area contributed by atoms with Gasteiger partial charge in [0.1, 0.15) is 0 Å². The lowest BCUT2D eigenvalue weighted by molar-refractivity contribution is 0.101. The summed E-state index contributed by atoms with van der Waals surface area (Å²) in [7, 11) is 0. The molecule has 0 fully saturated rings. The second-order valence-corrected chi connectivity index (χ2v) is 6.30. The van der Waals surface area contributed by atoms with E-state index in [9.17, 15) is 4.79 Å². The molecule has 2 rings (SSSR count). The number of benzene rings is 2. The van der Waals surface area contributed by atoms with Crippen LogP contribution in [0.15, 0.2) is 46.2 Å². The minimum absolute atomic E-state index is 0.00995. The maximum atomic E-state index is 11.3. The van der Waals surface area contributed by atoms with Crippen molar-refractivity contribution in [1.29, 1.82) is 0 Å². The van der Waals surface area contributed by atoms with Crippen molar-refractivity contribution in [3.8, 4) is 0 Å². The number of carbonyl (C=O) groups excluding carboxylic acids is 1. The number of rotatable bonds is 3. The van der Waals surface area contributed by atoms with Gasteiger partial charge >= 0.3 is 0 Å². The molecule has 0 saturated heterocycles. The van der Waals surface area contributed by atoms with E-state index in [4.69, 9.17) is 34.8 Å². The van der Waals surface area contributed by atoms with Gasteiger partial charge in [-0.25, -0.2) is 0 Å². The normalized spacial score (nSPS) is 10.5. The summed E-state index contributed by atoms with van der Waals surface area (Å²) in [6.07, 6.45) is 0. The summed E-state index contributed by atoms with van der Waals surface area (Å²) in [6.45, 7) is 1.51. The first-order valence-electron chi connectivity index (χ1n) is 5.40. The van der Waals surface area contributed by atoms with E-state index in [1.807, 2.05) is 18.2 Å². The second-order valence-electron chi connectivity index (χ2n) is 3.91. The largest absolute Gasteiger partial charge is 0.295 e. The van der Waals surface area contributed by atoms with Crippen LogP contribution in [0.5, 0.6) is 0 Å². The van der Waals surface area contributed by atoms with Gasteiger partial charge < -0.3 is 0 Å². The van der Waals surface area contributed by atoms with E-state index in [1.54, 1.807) is 18.2 Å². The predicted molar refractivity (Wildman–Crippen MR) is 82.0 cm³/mol. The number of ketones is 1. The van der Waals surface area contributed by atoms with Gasteiger partial charge in [0.2, 0.25) is 0 Å². The highest BCUT2D eigenvalue weighted by Crippen LogP contribution is 2.36. The minimum Gasteiger partial charge on any atom is -0.295 e. The van der Waals surface area contributed by atoms with E-state index >= 15 is 0 Å². The van der Waals surface area contributed by atoms with E-state index in [0.717, 1.165) is 9.79 Å². The van der Waals surface area contributed by atoms with Crippen molar-refractivity contribution in [2.24, 2.45) is 0 Å². The molecule has 0 heterocycles. The Balaban J connectivity index is 2.30. The van der Waals surface area contributed by atoms with Crippen molar-refractivity contribution in [3.63, 3.8) is 0 Å². The molecule has 2 aromatic rings. The Hall–Kier alpha value is -0.670. The number of halogens is 3. The zero-order valence-electron chi connectivity index (χ0n) is 9.91. The standard InChI is InChI=1S/C14H9Cl3OS/c1-8(18)9-2-3-14(13(17)4-9)19-12-6-10(15)5-11(16)7-12/h2-7H,1H3. The zero-order valence-corrected chi connectivity index (χ0v) is 13.0. The van der Waals surface area contributed by atoms with Gasteiger partial charge in [-0.2, -0.15) is 0 Å². The summed E-state index contributed by atoms with van der Waals surface area (Å²) >= 11 is 19.5. The summed E-state index contributed by atoms with van der Waals surface area (Å²) in [5, 5.41) is 1.69. The fourth-order valence-corrected chi connectivity index (χ4v) is 3.39. The lowest BCUT2D eigenvalue weighted by Gasteiger charge is -2.06. The van der Waals surface area contributed by atoms with E-state index in [0.29, 0.717) is 20.6 Å². The molecule has 0 aliphatic carbocycles. The molecule has 1 nitrogen and oxygen atoms in total. The summed E-state index contributed by atoms with van der Waals surface area (Å²) in [5.41, 5.74) is 0.596. The molecule has 0 radical (unpaired) electrons. The lowest BCUT2D eigenvalue weighted by atomic mass is 10.1. The molecule has 19 heavy (non-hydrogen) atoms. The van der Waals surface area contributed by atoms with E-state index in [1.165, 1.54) is 18.7 Å². The quantitative estimate of drug-likeness (QED) is 0.641. The Morgan fingerprint density at radius 2 is 1.63 bits per heavy atom. The summed E-state index contributed by atoms with van der Waals surface area (Å²) in [5.74, 6) is -0.00995. The number of Topliss-reactive ketones (excluding diaryl/α,β-unsaturated/α-hetero) is 1. The van der Waals surface area contributed by atoms with Crippen LogP contribution in [0.1, 0.15) is 17.3 Å². The highest BCUT2D eigenvalue weighted by atomic mass is 35.5. The van der Waals surface area contributed by atoms with Crippen LogP contribution in [-0.2, 0) is 0 Å². The molecule has 0 aliphatic rings. The van der Waals surface area contributed by atoms with Gasteiger partial charge in [-0.05, 0) is 37.3 Å². The lowest BCUT2D eigenvalue weighted by Crippen LogP contribution is -1.91. The van der Waals surface area contributed by atoms with E-state index in [2.05, 4.69) is 0 Å². The highest BCUT2D eigenvalue weighted by molar-refractivity contribution is 7.99. The summed E-state index contributed by atoms with van der Waals surface area (Å²) in [6, 6.07) is 10.5. The minimum atomic E-state index is -0.00995. The van der Waals surface area contributed by atoms with E-state index in [-0.39, 0.29) is 5.78 Å². The molecule has 0 aliphatic heterocycles. The maximum absolute atomic E-state index is 11.3. The fourth-order valence-electron chi connectivity index (χ4n) is 1.52. The van der Waals surface area contributed by atoms with Crippen LogP contribution >= 0.6 is 46.6 Å². The van der Waals surface area contributed by atoms with Crippen LogP contribution in [0.4, 0.5) is 0 Å². The van der Waals surface area contributed by atoms with Crippen molar-refractivity contribution in [2.75, 3.05) is 0 Å². The predicted octanol–water partition coefficient (Wildman–Crippen LogP) is 6.00. The van der Waals surface area contributed by atoms with Crippen molar-refractivity contribution in [2.45, 2.75) is 16.7 Å². The molecule has 0 bridgehead atoms. The van der Waals surface area contributed by atoms with Gasteiger partial charge in [0.25, 0.3) is 0 Å². The molecule has 98 valence electrons. The third-order valence-corrected chi connectivity index (χ3v) is 4.31. The Kier molecular flexibility index (Phi) is 4.80. The molecular weight excluding hydrogens is 323 g/mol. The molecular formula is C14H9Cl3OS. The third-order valence-electron chi connectivity index (χ3n) is 2.40. The van der Waals surface area contributed by atoms with Crippen LogP contribution < -0.4 is 0 Å². The smallest absolute Gasteiger partial charge is 0.159 e. The first kappa shape index (κ1) is 14.7. The molecule has 0 amide bonds. The zero-order chi connectivity index (χ0) is 14.0. The van der Waals surface area contributed by atoms with Crippen LogP contribution in [-0.4, -0.2) is 5.78 Å². The van der Waals surface area contributed by atoms with Crippen molar-refractivity contribution in [3.05, 3.63) is 57.0 Å². The van der Waals surface area contributed by atoms with Gasteiger partial charge in [-0.1, -0.05) is 52.6 Å². The first-order valence-corrected chi connectivity index (χ1v) is 7.35. The van der Waals surface area contributed by atoms with E-state index < -0.39 is 0 Å². The molecule has 0 spiro atoms. The Labute approximate surface area is 130 Å². The van der Waals surface area contributed by atoms with Crippen molar-refractivity contribution >= 4 is 52.3 Å². The van der Waals surface area contributed by atoms with Crippen LogP contribution in [0.2, 0.25) is 15.1 Å². The third kappa shape index (κ3) is 3.90. The maximum Gasteiger partial charge on any atom is 0.159 e.